The van der Waals surface area contributed by atoms with Gasteiger partial charge in [0.1, 0.15) is 5.82 Å². The number of nitro groups is 1. The molecule has 0 unspecified atom stereocenters. The lowest BCUT2D eigenvalue weighted by molar-refractivity contribution is -0.384. The maximum atomic E-state index is 11.9. The molecule has 1 aliphatic rings. The average Bonchev–Trinajstić information content (AvgIpc) is 2.80. The number of benzene rings is 2. The maximum Gasteiger partial charge on any atom is 0.273 e. The number of carbonyl (C=O) groups is 1. The van der Waals surface area contributed by atoms with Crippen LogP contribution in [0.1, 0.15) is 17.8 Å². The summed E-state index contributed by atoms with van der Waals surface area (Å²) < 4.78 is 1.99. The molecule has 0 fully saturated rings. The third-order valence-electron chi connectivity index (χ3n) is 4.16. The molecule has 1 amide bonds. The van der Waals surface area contributed by atoms with Crippen molar-refractivity contribution in [3.63, 3.8) is 0 Å². The average molecular weight is 322 g/mol. The van der Waals surface area contributed by atoms with Gasteiger partial charge in [-0.15, -0.1) is 0 Å². The predicted molar refractivity (Wildman–Crippen MR) is 88.9 cm³/mol. The number of aryl methyl sites for hydroxylation is 1. The largest absolute Gasteiger partial charge is 0.325 e. The molecular formula is C17H14N4O3. The number of carbonyl (C=O) groups excluding carboxylic acids is 1. The number of nitrogens with one attached hydrogen (secondary N) is 1. The molecule has 3 aromatic rings. The van der Waals surface area contributed by atoms with Crippen molar-refractivity contribution in [3.8, 4) is 0 Å². The van der Waals surface area contributed by atoms with E-state index in [1.54, 1.807) is 0 Å². The third kappa shape index (κ3) is 2.40. The molecule has 1 aliphatic heterocycles. The van der Waals surface area contributed by atoms with Crippen molar-refractivity contribution in [1.82, 2.24) is 9.55 Å². The van der Waals surface area contributed by atoms with Crippen LogP contribution in [-0.4, -0.2) is 20.4 Å². The molecule has 0 bridgehead atoms. The summed E-state index contributed by atoms with van der Waals surface area (Å²) in [4.78, 5) is 27.2. The number of hydrogen-bond donors (Lipinski definition) is 1. The first-order valence-electron chi connectivity index (χ1n) is 7.63. The van der Waals surface area contributed by atoms with E-state index in [-0.39, 0.29) is 11.6 Å². The highest BCUT2D eigenvalue weighted by molar-refractivity contribution is 6.02. The Morgan fingerprint density at radius 1 is 1.25 bits per heavy atom. The Kier molecular flexibility index (Phi) is 3.26. The van der Waals surface area contributed by atoms with Crippen LogP contribution in [0.2, 0.25) is 0 Å². The van der Waals surface area contributed by atoms with E-state index in [4.69, 9.17) is 0 Å². The van der Waals surface area contributed by atoms with Crippen molar-refractivity contribution in [1.29, 1.82) is 0 Å². The number of hydrogen-bond acceptors (Lipinski definition) is 4. The van der Waals surface area contributed by atoms with Crippen LogP contribution in [0.5, 0.6) is 0 Å². The topological polar surface area (TPSA) is 90.1 Å². The molecule has 1 aromatic heterocycles. The van der Waals surface area contributed by atoms with Gasteiger partial charge in [0, 0.05) is 31.5 Å². The number of nitro benzene ring substituents is 1. The molecule has 120 valence electrons. The summed E-state index contributed by atoms with van der Waals surface area (Å²) in [6.45, 7) is 0.509. The first kappa shape index (κ1) is 14.4. The Balaban J connectivity index is 1.90. The molecule has 24 heavy (non-hydrogen) atoms. The minimum atomic E-state index is -0.469. The first-order valence-corrected chi connectivity index (χ1v) is 7.63. The Hall–Kier alpha value is -3.22. The van der Waals surface area contributed by atoms with E-state index < -0.39 is 4.92 Å². The molecule has 0 spiro atoms. The molecule has 0 atom stereocenters. The number of anilines is 1. The lowest BCUT2D eigenvalue weighted by atomic mass is 10.1. The third-order valence-corrected chi connectivity index (χ3v) is 4.16. The van der Waals surface area contributed by atoms with Gasteiger partial charge in [-0.1, -0.05) is 30.3 Å². The molecular weight excluding hydrogens is 308 g/mol. The van der Waals surface area contributed by atoms with Gasteiger partial charge in [-0.25, -0.2) is 4.98 Å². The monoisotopic (exact) mass is 322 g/mol. The normalized spacial score (nSPS) is 13.6. The van der Waals surface area contributed by atoms with Gasteiger partial charge in [0.15, 0.2) is 0 Å². The van der Waals surface area contributed by atoms with Crippen molar-refractivity contribution >= 4 is 28.3 Å². The minimum Gasteiger partial charge on any atom is -0.325 e. The zero-order valence-electron chi connectivity index (χ0n) is 12.7. The highest BCUT2D eigenvalue weighted by Gasteiger charge is 2.23. The number of amides is 1. The fourth-order valence-electron chi connectivity index (χ4n) is 3.08. The van der Waals surface area contributed by atoms with Crippen molar-refractivity contribution in [2.45, 2.75) is 19.4 Å². The molecule has 0 aliphatic carbocycles. The number of rotatable bonds is 3. The molecule has 0 saturated heterocycles. The van der Waals surface area contributed by atoms with Gasteiger partial charge in [0.25, 0.3) is 5.69 Å². The Morgan fingerprint density at radius 2 is 2.04 bits per heavy atom. The van der Waals surface area contributed by atoms with Crippen LogP contribution in [0.15, 0.2) is 42.5 Å². The second-order valence-electron chi connectivity index (χ2n) is 5.76. The van der Waals surface area contributed by atoms with Gasteiger partial charge in [-0.05, 0) is 5.56 Å². The summed E-state index contributed by atoms with van der Waals surface area (Å²) in [5.74, 6) is 0.653. The molecule has 0 radical (unpaired) electrons. The number of nitrogens with zero attached hydrogens (tertiary/aromatic N) is 3. The van der Waals surface area contributed by atoms with Crippen LogP contribution < -0.4 is 5.32 Å². The Bertz CT molecular complexity index is 963. The molecule has 4 rings (SSSR count). The number of non-ortho nitro benzene ring substituents is 1. The summed E-state index contributed by atoms with van der Waals surface area (Å²) in [5, 5.41) is 13.9. The summed E-state index contributed by atoms with van der Waals surface area (Å²) in [5.41, 5.74) is 2.76. The second-order valence-corrected chi connectivity index (χ2v) is 5.76. The highest BCUT2D eigenvalue weighted by atomic mass is 16.6. The zero-order chi connectivity index (χ0) is 16.7. The van der Waals surface area contributed by atoms with Crippen molar-refractivity contribution < 1.29 is 9.72 Å². The summed E-state index contributed by atoms with van der Waals surface area (Å²) in [6.07, 6.45) is 0.923. The van der Waals surface area contributed by atoms with Gasteiger partial charge in [-0.3, -0.25) is 14.9 Å². The van der Waals surface area contributed by atoms with Crippen LogP contribution in [0, 0.1) is 10.1 Å². The Labute approximate surface area is 137 Å². The van der Waals surface area contributed by atoms with Crippen LogP contribution in [0.3, 0.4) is 0 Å². The fraction of sp³-hybridized carbons (Fsp3) is 0.176. The van der Waals surface area contributed by atoms with Gasteiger partial charge in [-0.2, -0.15) is 0 Å². The summed E-state index contributed by atoms with van der Waals surface area (Å²) in [7, 11) is 0. The Morgan fingerprint density at radius 3 is 2.79 bits per heavy atom. The van der Waals surface area contributed by atoms with Crippen LogP contribution in [0.4, 0.5) is 11.4 Å². The number of aromatic nitrogens is 2. The smallest absolute Gasteiger partial charge is 0.273 e. The maximum absolute atomic E-state index is 11.9. The van der Waals surface area contributed by atoms with Crippen LogP contribution in [0.25, 0.3) is 11.0 Å². The van der Waals surface area contributed by atoms with Crippen LogP contribution in [-0.2, 0) is 17.8 Å². The van der Waals surface area contributed by atoms with Crippen molar-refractivity contribution in [2.24, 2.45) is 0 Å². The highest BCUT2D eigenvalue weighted by Crippen LogP contribution is 2.32. The lowest BCUT2D eigenvalue weighted by Crippen LogP contribution is -2.11. The summed E-state index contributed by atoms with van der Waals surface area (Å²) in [6, 6.07) is 12.7. The predicted octanol–water partition coefficient (Wildman–Crippen LogP) is 2.88. The van der Waals surface area contributed by atoms with E-state index in [9.17, 15) is 14.9 Å². The SMILES string of the molecule is O=C1CCn2c(Cc3ccccc3)nc3cc([N+](=O)[O-])cc(c32)N1. The van der Waals surface area contributed by atoms with Crippen molar-refractivity contribution in [2.75, 3.05) is 5.32 Å². The molecule has 7 nitrogen and oxygen atoms in total. The van der Waals surface area contributed by atoms with Gasteiger partial charge in [0.05, 0.1) is 21.6 Å². The molecule has 2 aromatic carbocycles. The van der Waals surface area contributed by atoms with Crippen molar-refractivity contribution in [3.05, 3.63) is 64.0 Å². The second kappa shape index (κ2) is 5.45. The van der Waals surface area contributed by atoms with Gasteiger partial charge in [0.2, 0.25) is 5.91 Å². The van der Waals surface area contributed by atoms with E-state index in [2.05, 4.69) is 10.3 Å². The van der Waals surface area contributed by atoms with E-state index in [1.165, 1.54) is 12.1 Å². The van der Waals surface area contributed by atoms with E-state index in [0.29, 0.717) is 30.6 Å². The van der Waals surface area contributed by atoms with E-state index >= 15 is 0 Å². The standard InChI is InChI=1S/C17H14N4O3/c22-16-6-7-20-15(8-11-4-2-1-3-5-11)18-13-9-12(21(23)24)10-14(19-16)17(13)20/h1-5,9-10H,6-8H2,(H,19,22). The van der Waals surface area contributed by atoms with E-state index in [0.717, 1.165) is 16.9 Å². The molecule has 1 N–H and O–H groups in total. The molecule has 0 saturated carbocycles. The van der Waals surface area contributed by atoms with E-state index in [1.807, 2.05) is 34.9 Å². The first-order chi connectivity index (χ1) is 11.6. The van der Waals surface area contributed by atoms with Gasteiger partial charge >= 0.3 is 0 Å². The molecule has 7 heteroatoms. The molecule has 2 heterocycles. The van der Waals surface area contributed by atoms with Crippen LogP contribution >= 0.6 is 0 Å². The lowest BCUT2D eigenvalue weighted by Gasteiger charge is -2.07. The summed E-state index contributed by atoms with van der Waals surface area (Å²) >= 11 is 0. The van der Waals surface area contributed by atoms with Gasteiger partial charge < -0.3 is 9.88 Å². The fourth-order valence-corrected chi connectivity index (χ4v) is 3.08. The number of imidazole rings is 1. The minimum absolute atomic E-state index is 0.0735. The zero-order valence-corrected chi connectivity index (χ0v) is 12.7. The quantitative estimate of drug-likeness (QED) is 0.593.